The average molecular weight is 263 g/mol. The van der Waals surface area contributed by atoms with E-state index in [1.807, 2.05) is 24.3 Å². The van der Waals surface area contributed by atoms with Gasteiger partial charge in [0.1, 0.15) is 5.82 Å². The van der Waals surface area contributed by atoms with Crippen molar-refractivity contribution in [3.05, 3.63) is 53.2 Å². The molecule has 3 heterocycles. The zero-order chi connectivity index (χ0) is 13.5. The Hall–Kier alpha value is -3.02. The number of nitrogens with zero attached hydrogens (tertiary/aromatic N) is 3. The number of hydrogen-bond donors (Lipinski definition) is 2. The molecule has 0 unspecified atom stereocenters. The molecule has 20 heavy (non-hydrogen) atoms. The lowest BCUT2D eigenvalue weighted by Gasteiger charge is -1.95. The van der Waals surface area contributed by atoms with Gasteiger partial charge in [-0.3, -0.25) is 9.78 Å². The van der Waals surface area contributed by atoms with E-state index >= 15 is 0 Å². The predicted molar refractivity (Wildman–Crippen MR) is 75.2 cm³/mol. The number of aromatic amines is 2. The number of nitrogens with one attached hydrogen (secondary N) is 2. The molecule has 4 rings (SSSR count). The maximum absolute atomic E-state index is 11.3. The normalized spacial score (nSPS) is 11.2. The van der Waals surface area contributed by atoms with Gasteiger partial charge >= 0.3 is 0 Å². The lowest BCUT2D eigenvalue weighted by atomic mass is 10.2. The molecule has 0 bridgehead atoms. The van der Waals surface area contributed by atoms with Gasteiger partial charge in [-0.2, -0.15) is 0 Å². The van der Waals surface area contributed by atoms with Crippen LogP contribution in [0.5, 0.6) is 0 Å². The predicted octanol–water partition coefficient (Wildman–Crippen LogP) is 1.86. The maximum atomic E-state index is 11.3. The summed E-state index contributed by atoms with van der Waals surface area (Å²) < 4.78 is 0. The van der Waals surface area contributed by atoms with E-state index in [9.17, 15) is 4.79 Å². The van der Waals surface area contributed by atoms with Gasteiger partial charge in [-0.15, -0.1) is 0 Å². The number of aromatic nitrogens is 5. The first-order chi connectivity index (χ1) is 9.79. The molecule has 0 aliphatic rings. The quantitative estimate of drug-likeness (QED) is 0.548. The van der Waals surface area contributed by atoms with E-state index in [0.717, 1.165) is 27.9 Å². The fourth-order valence-corrected chi connectivity index (χ4v) is 2.19. The number of benzene rings is 1. The molecular formula is C14H9N5O. The number of rotatable bonds is 1. The summed E-state index contributed by atoms with van der Waals surface area (Å²) >= 11 is 0. The zero-order valence-corrected chi connectivity index (χ0v) is 10.3. The first kappa shape index (κ1) is 10.9. The fraction of sp³-hybridized carbons (Fsp3) is 0. The molecule has 0 atom stereocenters. The van der Waals surface area contributed by atoms with Crippen LogP contribution in [0.1, 0.15) is 0 Å². The van der Waals surface area contributed by atoms with Crippen molar-refractivity contribution in [2.24, 2.45) is 0 Å². The Morgan fingerprint density at radius 3 is 2.55 bits per heavy atom. The summed E-state index contributed by atoms with van der Waals surface area (Å²) in [6.45, 7) is 0. The number of pyridine rings is 1. The van der Waals surface area contributed by atoms with Crippen molar-refractivity contribution >= 4 is 22.1 Å². The Balaban J connectivity index is 1.99. The Labute approximate surface area is 112 Å². The first-order valence-corrected chi connectivity index (χ1v) is 6.09. The summed E-state index contributed by atoms with van der Waals surface area (Å²) in [5, 5.41) is 0. The molecule has 2 N–H and O–H groups in total. The third-order valence-corrected chi connectivity index (χ3v) is 3.13. The van der Waals surface area contributed by atoms with Crippen LogP contribution in [-0.4, -0.2) is 24.9 Å². The second-order valence-corrected chi connectivity index (χ2v) is 4.46. The van der Waals surface area contributed by atoms with E-state index in [0.29, 0.717) is 5.52 Å². The molecule has 0 saturated heterocycles. The summed E-state index contributed by atoms with van der Waals surface area (Å²) in [6, 6.07) is 7.47. The zero-order valence-electron chi connectivity index (χ0n) is 10.3. The standard InChI is InChI=1S/C14H9N5O/c20-13-7-16-9-5-11-12(6-10(9)17-13)19-14(18-11)8-1-3-15-4-2-8/h1-7H,(H,17,20)(H,18,19). The third-order valence-electron chi connectivity index (χ3n) is 3.13. The highest BCUT2D eigenvalue weighted by atomic mass is 16.1. The molecule has 4 aromatic rings. The number of hydrogen-bond acceptors (Lipinski definition) is 4. The van der Waals surface area contributed by atoms with Gasteiger partial charge in [0.25, 0.3) is 5.56 Å². The molecule has 0 radical (unpaired) electrons. The highest BCUT2D eigenvalue weighted by molar-refractivity contribution is 5.92. The molecule has 0 aliphatic heterocycles. The van der Waals surface area contributed by atoms with E-state index in [1.54, 1.807) is 12.4 Å². The maximum Gasteiger partial charge on any atom is 0.266 e. The van der Waals surface area contributed by atoms with Crippen LogP contribution in [-0.2, 0) is 0 Å². The Bertz CT molecular complexity index is 971. The summed E-state index contributed by atoms with van der Waals surface area (Å²) in [4.78, 5) is 29.9. The summed E-state index contributed by atoms with van der Waals surface area (Å²) in [5.74, 6) is 0.764. The van der Waals surface area contributed by atoms with Crippen molar-refractivity contribution in [2.75, 3.05) is 0 Å². The molecule has 0 spiro atoms. The molecule has 3 aromatic heterocycles. The monoisotopic (exact) mass is 263 g/mol. The highest BCUT2D eigenvalue weighted by Gasteiger charge is 2.07. The molecule has 6 nitrogen and oxygen atoms in total. The molecule has 0 aliphatic carbocycles. The van der Waals surface area contributed by atoms with Crippen molar-refractivity contribution in [3.63, 3.8) is 0 Å². The van der Waals surface area contributed by atoms with Gasteiger partial charge in [0.15, 0.2) is 0 Å². The molecule has 0 amide bonds. The number of fused-ring (bicyclic) bond motifs is 2. The number of H-pyrrole nitrogens is 2. The van der Waals surface area contributed by atoms with Gasteiger partial charge < -0.3 is 9.97 Å². The Morgan fingerprint density at radius 2 is 1.70 bits per heavy atom. The second-order valence-electron chi connectivity index (χ2n) is 4.46. The lowest BCUT2D eigenvalue weighted by molar-refractivity contribution is 1.22. The van der Waals surface area contributed by atoms with Crippen molar-refractivity contribution < 1.29 is 0 Å². The van der Waals surface area contributed by atoms with Crippen LogP contribution in [0.25, 0.3) is 33.5 Å². The average Bonchev–Trinajstić information content (AvgIpc) is 2.88. The van der Waals surface area contributed by atoms with Crippen LogP contribution < -0.4 is 5.56 Å². The van der Waals surface area contributed by atoms with Crippen molar-refractivity contribution in [1.82, 2.24) is 24.9 Å². The Morgan fingerprint density at radius 1 is 0.950 bits per heavy atom. The van der Waals surface area contributed by atoms with E-state index in [1.165, 1.54) is 6.20 Å². The summed E-state index contributed by atoms with van der Waals surface area (Å²) in [6.07, 6.45) is 4.71. The third kappa shape index (κ3) is 1.66. The van der Waals surface area contributed by atoms with Gasteiger partial charge in [-0.05, 0) is 24.3 Å². The van der Waals surface area contributed by atoms with Crippen LogP contribution >= 0.6 is 0 Å². The largest absolute Gasteiger partial charge is 0.338 e. The first-order valence-electron chi connectivity index (χ1n) is 6.09. The van der Waals surface area contributed by atoms with Crippen LogP contribution in [0.4, 0.5) is 0 Å². The minimum absolute atomic E-state index is 0.221. The van der Waals surface area contributed by atoms with Gasteiger partial charge in [0.2, 0.25) is 0 Å². The smallest absolute Gasteiger partial charge is 0.266 e. The minimum atomic E-state index is -0.221. The molecule has 6 heteroatoms. The topological polar surface area (TPSA) is 87.3 Å². The fourth-order valence-electron chi connectivity index (χ4n) is 2.19. The molecule has 0 saturated carbocycles. The van der Waals surface area contributed by atoms with Crippen LogP contribution in [0, 0.1) is 0 Å². The highest BCUT2D eigenvalue weighted by Crippen LogP contribution is 2.22. The lowest BCUT2D eigenvalue weighted by Crippen LogP contribution is -2.04. The van der Waals surface area contributed by atoms with E-state index in [-0.39, 0.29) is 5.56 Å². The SMILES string of the molecule is O=c1cnc2cc3[nH]c(-c4ccncc4)nc3cc2[nH]1. The summed E-state index contributed by atoms with van der Waals surface area (Å²) in [7, 11) is 0. The minimum Gasteiger partial charge on any atom is -0.338 e. The van der Waals surface area contributed by atoms with Crippen molar-refractivity contribution in [3.8, 4) is 11.4 Å². The number of imidazole rings is 1. The van der Waals surface area contributed by atoms with Crippen LogP contribution in [0.3, 0.4) is 0 Å². The summed E-state index contributed by atoms with van der Waals surface area (Å²) in [5.41, 5.74) is 3.81. The van der Waals surface area contributed by atoms with E-state index in [2.05, 4.69) is 24.9 Å². The van der Waals surface area contributed by atoms with Crippen LogP contribution in [0.2, 0.25) is 0 Å². The van der Waals surface area contributed by atoms with E-state index < -0.39 is 0 Å². The molecular weight excluding hydrogens is 254 g/mol. The van der Waals surface area contributed by atoms with Gasteiger partial charge in [-0.1, -0.05) is 0 Å². The van der Waals surface area contributed by atoms with Crippen molar-refractivity contribution in [1.29, 1.82) is 0 Å². The second kappa shape index (κ2) is 3.99. The van der Waals surface area contributed by atoms with E-state index in [4.69, 9.17) is 0 Å². The molecule has 96 valence electrons. The van der Waals surface area contributed by atoms with Gasteiger partial charge in [0, 0.05) is 18.0 Å². The molecule has 1 aromatic carbocycles. The Kier molecular flexibility index (Phi) is 2.17. The molecule has 0 fully saturated rings. The van der Waals surface area contributed by atoms with Crippen LogP contribution in [0.15, 0.2) is 47.7 Å². The van der Waals surface area contributed by atoms with Gasteiger partial charge in [-0.25, -0.2) is 9.97 Å². The van der Waals surface area contributed by atoms with Crippen molar-refractivity contribution in [2.45, 2.75) is 0 Å². The van der Waals surface area contributed by atoms with Gasteiger partial charge in [0.05, 0.1) is 28.3 Å².